The summed E-state index contributed by atoms with van der Waals surface area (Å²) < 4.78 is 0. The van der Waals surface area contributed by atoms with E-state index in [1.54, 1.807) is 0 Å². The first-order chi connectivity index (χ1) is 10.6. The second-order valence-electron chi connectivity index (χ2n) is 6.58. The standard InChI is InChI=1S/C16H27N5O/c1-20-6-8-21(9-7-20)13-10-15(17)19-16(11-13)18-12-2-4-14(22)5-3-12/h10-12,14,22H,2-9H2,1H3,(H3,17,18,19). The fraction of sp³-hybridized carbons (Fsp3) is 0.688. The van der Waals surface area contributed by atoms with E-state index in [4.69, 9.17) is 5.73 Å². The van der Waals surface area contributed by atoms with Gasteiger partial charge >= 0.3 is 0 Å². The summed E-state index contributed by atoms with van der Waals surface area (Å²) in [6, 6.07) is 4.45. The van der Waals surface area contributed by atoms with Crippen molar-refractivity contribution in [3.05, 3.63) is 12.1 Å². The quantitative estimate of drug-likeness (QED) is 0.777. The normalized spacial score (nSPS) is 26.9. The van der Waals surface area contributed by atoms with Crippen molar-refractivity contribution in [1.29, 1.82) is 0 Å². The van der Waals surface area contributed by atoms with Crippen molar-refractivity contribution in [2.75, 3.05) is 49.2 Å². The van der Waals surface area contributed by atoms with Gasteiger partial charge in [-0.05, 0) is 32.7 Å². The topological polar surface area (TPSA) is 77.7 Å². The lowest BCUT2D eigenvalue weighted by Gasteiger charge is -2.34. The Bertz CT molecular complexity index is 493. The molecule has 0 aromatic carbocycles. The molecular weight excluding hydrogens is 278 g/mol. The predicted molar refractivity (Wildman–Crippen MR) is 90.2 cm³/mol. The van der Waals surface area contributed by atoms with Gasteiger partial charge in [0, 0.05) is 50.0 Å². The van der Waals surface area contributed by atoms with Crippen LogP contribution in [0, 0.1) is 0 Å². The van der Waals surface area contributed by atoms with E-state index in [-0.39, 0.29) is 6.10 Å². The molecule has 0 unspecified atom stereocenters. The van der Waals surface area contributed by atoms with E-state index >= 15 is 0 Å². The Kier molecular flexibility index (Phi) is 4.69. The Hall–Kier alpha value is -1.53. The van der Waals surface area contributed by atoms with Crippen LogP contribution < -0.4 is 16.0 Å². The number of anilines is 3. The van der Waals surface area contributed by atoms with Crippen molar-refractivity contribution in [2.45, 2.75) is 37.8 Å². The lowest BCUT2D eigenvalue weighted by atomic mass is 9.93. The van der Waals surface area contributed by atoms with Crippen molar-refractivity contribution in [3.63, 3.8) is 0 Å². The highest BCUT2D eigenvalue weighted by atomic mass is 16.3. The van der Waals surface area contributed by atoms with Crippen LogP contribution in [-0.4, -0.2) is 60.4 Å². The number of aliphatic hydroxyl groups is 1. The zero-order valence-corrected chi connectivity index (χ0v) is 13.3. The fourth-order valence-corrected chi connectivity index (χ4v) is 3.29. The van der Waals surface area contributed by atoms with E-state index in [1.165, 1.54) is 0 Å². The van der Waals surface area contributed by atoms with Crippen molar-refractivity contribution < 1.29 is 5.11 Å². The number of aromatic nitrogens is 1. The summed E-state index contributed by atoms with van der Waals surface area (Å²) in [5, 5.41) is 13.1. The highest BCUT2D eigenvalue weighted by Crippen LogP contribution is 2.25. The average Bonchev–Trinajstić information content (AvgIpc) is 2.50. The second-order valence-corrected chi connectivity index (χ2v) is 6.58. The molecule has 1 aliphatic carbocycles. The van der Waals surface area contributed by atoms with Crippen LogP contribution in [0.1, 0.15) is 25.7 Å². The Labute approximate surface area is 132 Å². The van der Waals surface area contributed by atoms with Crippen LogP contribution in [0.25, 0.3) is 0 Å². The van der Waals surface area contributed by atoms with Gasteiger partial charge in [-0.1, -0.05) is 0 Å². The SMILES string of the molecule is CN1CCN(c2cc(N)nc(NC3CCC(O)CC3)c2)CC1. The molecule has 3 rings (SSSR count). The number of hydrogen-bond acceptors (Lipinski definition) is 6. The summed E-state index contributed by atoms with van der Waals surface area (Å²) in [7, 11) is 2.16. The summed E-state index contributed by atoms with van der Waals surface area (Å²) in [5.41, 5.74) is 7.14. The number of nitrogens with two attached hydrogens (primary N) is 1. The molecule has 122 valence electrons. The Morgan fingerprint density at radius 3 is 2.50 bits per heavy atom. The third-order valence-corrected chi connectivity index (χ3v) is 4.75. The maximum absolute atomic E-state index is 9.60. The molecule has 0 bridgehead atoms. The molecule has 4 N–H and O–H groups in total. The minimum absolute atomic E-state index is 0.132. The van der Waals surface area contributed by atoms with Crippen LogP contribution >= 0.6 is 0 Å². The lowest BCUT2D eigenvalue weighted by Crippen LogP contribution is -2.44. The van der Waals surface area contributed by atoms with Gasteiger partial charge in [-0.3, -0.25) is 0 Å². The monoisotopic (exact) mass is 305 g/mol. The minimum atomic E-state index is -0.132. The van der Waals surface area contributed by atoms with Gasteiger partial charge in [0.1, 0.15) is 11.6 Å². The van der Waals surface area contributed by atoms with Crippen LogP contribution in [0.5, 0.6) is 0 Å². The van der Waals surface area contributed by atoms with Crippen LogP contribution in [0.4, 0.5) is 17.3 Å². The molecular formula is C16H27N5O. The summed E-state index contributed by atoms with van der Waals surface area (Å²) >= 11 is 0. The van der Waals surface area contributed by atoms with Crippen molar-refractivity contribution in [2.24, 2.45) is 0 Å². The van der Waals surface area contributed by atoms with E-state index < -0.39 is 0 Å². The number of likely N-dealkylation sites (N-methyl/N-ethyl adjacent to an activating group) is 1. The molecule has 1 aromatic rings. The summed E-state index contributed by atoms with van der Waals surface area (Å²) in [6.07, 6.45) is 3.58. The van der Waals surface area contributed by atoms with Crippen molar-refractivity contribution in [1.82, 2.24) is 9.88 Å². The Morgan fingerprint density at radius 2 is 1.82 bits per heavy atom. The van der Waals surface area contributed by atoms with Gasteiger partial charge in [-0.15, -0.1) is 0 Å². The molecule has 6 nitrogen and oxygen atoms in total. The highest BCUT2D eigenvalue weighted by Gasteiger charge is 2.20. The molecule has 0 atom stereocenters. The number of rotatable bonds is 3. The first kappa shape index (κ1) is 15.4. The third-order valence-electron chi connectivity index (χ3n) is 4.75. The van der Waals surface area contributed by atoms with Crippen LogP contribution in [0.15, 0.2) is 12.1 Å². The highest BCUT2D eigenvalue weighted by molar-refractivity contribution is 5.60. The van der Waals surface area contributed by atoms with Gasteiger partial charge in [0.05, 0.1) is 6.10 Å². The van der Waals surface area contributed by atoms with Gasteiger partial charge < -0.3 is 26.0 Å². The molecule has 2 aliphatic rings. The Balaban J connectivity index is 1.67. The number of pyridine rings is 1. The lowest BCUT2D eigenvalue weighted by molar-refractivity contribution is 0.126. The Morgan fingerprint density at radius 1 is 1.14 bits per heavy atom. The molecule has 1 saturated carbocycles. The number of hydrogen-bond donors (Lipinski definition) is 3. The van der Waals surface area contributed by atoms with Gasteiger partial charge in [0.25, 0.3) is 0 Å². The van der Waals surface area contributed by atoms with Gasteiger partial charge in [-0.2, -0.15) is 0 Å². The molecule has 1 saturated heterocycles. The maximum Gasteiger partial charge on any atom is 0.130 e. The number of nitrogens with zero attached hydrogens (tertiary/aromatic N) is 3. The predicted octanol–water partition coefficient (Wildman–Crippen LogP) is 1.13. The molecule has 0 amide bonds. The summed E-state index contributed by atoms with van der Waals surface area (Å²) in [6.45, 7) is 4.20. The number of aliphatic hydroxyl groups excluding tert-OH is 1. The molecule has 1 aliphatic heterocycles. The fourth-order valence-electron chi connectivity index (χ4n) is 3.29. The van der Waals surface area contributed by atoms with Crippen LogP contribution in [0.3, 0.4) is 0 Å². The van der Waals surface area contributed by atoms with E-state index in [2.05, 4.69) is 33.2 Å². The summed E-state index contributed by atoms with van der Waals surface area (Å²) in [5.74, 6) is 1.42. The molecule has 1 aromatic heterocycles. The van der Waals surface area contributed by atoms with Crippen LogP contribution in [-0.2, 0) is 0 Å². The zero-order chi connectivity index (χ0) is 15.5. The molecule has 0 radical (unpaired) electrons. The van der Waals surface area contributed by atoms with Gasteiger partial charge in [0.2, 0.25) is 0 Å². The zero-order valence-electron chi connectivity index (χ0n) is 13.3. The van der Waals surface area contributed by atoms with E-state index in [0.717, 1.165) is 63.4 Å². The van der Waals surface area contributed by atoms with E-state index in [1.807, 2.05) is 6.07 Å². The third kappa shape index (κ3) is 3.81. The van der Waals surface area contributed by atoms with Gasteiger partial charge in [-0.25, -0.2) is 4.98 Å². The molecule has 22 heavy (non-hydrogen) atoms. The first-order valence-electron chi connectivity index (χ1n) is 8.26. The molecule has 2 fully saturated rings. The number of nitrogen functional groups attached to an aromatic ring is 1. The number of piperazine rings is 1. The van der Waals surface area contributed by atoms with E-state index in [0.29, 0.717) is 11.9 Å². The van der Waals surface area contributed by atoms with Crippen molar-refractivity contribution in [3.8, 4) is 0 Å². The minimum Gasteiger partial charge on any atom is -0.393 e. The molecule has 0 spiro atoms. The van der Waals surface area contributed by atoms with Gasteiger partial charge in [0.15, 0.2) is 0 Å². The van der Waals surface area contributed by atoms with Crippen molar-refractivity contribution >= 4 is 17.3 Å². The maximum atomic E-state index is 9.60. The number of nitrogens with one attached hydrogen (secondary N) is 1. The molecule has 6 heteroatoms. The van der Waals surface area contributed by atoms with Crippen LogP contribution in [0.2, 0.25) is 0 Å². The average molecular weight is 305 g/mol. The second kappa shape index (κ2) is 6.71. The summed E-state index contributed by atoms with van der Waals surface area (Å²) in [4.78, 5) is 9.13. The molecule has 2 heterocycles. The smallest absolute Gasteiger partial charge is 0.130 e. The largest absolute Gasteiger partial charge is 0.393 e. The van der Waals surface area contributed by atoms with E-state index in [9.17, 15) is 5.11 Å². The first-order valence-corrected chi connectivity index (χ1v) is 8.26.